The quantitative estimate of drug-likeness (QED) is 0.393. The SMILES string of the molecule is Cc1ccccc1-n1ccnc1SCC(=O)Nc1ccc(C)c([N+](=O)[O-])c1. The highest BCUT2D eigenvalue weighted by Crippen LogP contribution is 2.24. The molecule has 0 spiro atoms. The first kappa shape index (κ1) is 18.7. The zero-order valence-electron chi connectivity index (χ0n) is 14.9. The Labute approximate surface area is 160 Å². The summed E-state index contributed by atoms with van der Waals surface area (Å²) in [5.74, 6) is -0.109. The first-order valence-electron chi connectivity index (χ1n) is 8.23. The van der Waals surface area contributed by atoms with Crippen molar-refractivity contribution in [2.75, 3.05) is 11.1 Å². The molecule has 3 rings (SSSR count). The summed E-state index contributed by atoms with van der Waals surface area (Å²) in [6, 6.07) is 12.6. The molecule has 0 unspecified atom stereocenters. The van der Waals surface area contributed by atoms with Gasteiger partial charge in [-0.25, -0.2) is 4.98 Å². The molecule has 0 aliphatic heterocycles. The lowest BCUT2D eigenvalue weighted by Crippen LogP contribution is -2.14. The molecular weight excluding hydrogens is 364 g/mol. The minimum atomic E-state index is -0.460. The maximum atomic E-state index is 12.2. The zero-order chi connectivity index (χ0) is 19.4. The van der Waals surface area contributed by atoms with Gasteiger partial charge in [0, 0.05) is 29.7 Å². The lowest BCUT2D eigenvalue weighted by atomic mass is 10.2. The Hall–Kier alpha value is -3.13. The molecule has 138 valence electrons. The number of hydrogen-bond acceptors (Lipinski definition) is 5. The smallest absolute Gasteiger partial charge is 0.274 e. The predicted octanol–water partition coefficient (Wildman–Crippen LogP) is 4.13. The summed E-state index contributed by atoms with van der Waals surface area (Å²) < 4.78 is 1.93. The standard InChI is InChI=1S/C19H18N4O3S/c1-13-5-3-4-6-16(13)22-10-9-20-19(22)27-12-18(24)21-15-8-7-14(2)17(11-15)23(25)26/h3-11H,12H2,1-2H3,(H,21,24). The first-order valence-corrected chi connectivity index (χ1v) is 9.21. The fraction of sp³-hybridized carbons (Fsp3) is 0.158. The lowest BCUT2D eigenvalue weighted by molar-refractivity contribution is -0.385. The van der Waals surface area contributed by atoms with Crippen molar-refractivity contribution in [1.82, 2.24) is 9.55 Å². The number of nitrogens with one attached hydrogen (secondary N) is 1. The summed E-state index contributed by atoms with van der Waals surface area (Å²) in [6.07, 6.45) is 3.54. The highest BCUT2D eigenvalue weighted by atomic mass is 32.2. The fourth-order valence-corrected chi connectivity index (χ4v) is 3.39. The Morgan fingerprint density at radius 2 is 2.00 bits per heavy atom. The molecule has 0 atom stereocenters. The van der Waals surface area contributed by atoms with Crippen molar-refractivity contribution in [3.63, 3.8) is 0 Å². The minimum Gasteiger partial charge on any atom is -0.325 e. The number of para-hydroxylation sites is 1. The van der Waals surface area contributed by atoms with Crippen LogP contribution in [0.25, 0.3) is 5.69 Å². The van der Waals surface area contributed by atoms with Gasteiger partial charge in [-0.1, -0.05) is 36.0 Å². The van der Waals surface area contributed by atoms with Crippen LogP contribution in [0.4, 0.5) is 11.4 Å². The molecule has 8 heteroatoms. The van der Waals surface area contributed by atoms with E-state index in [4.69, 9.17) is 0 Å². The highest BCUT2D eigenvalue weighted by molar-refractivity contribution is 7.99. The minimum absolute atomic E-state index is 0.0180. The lowest BCUT2D eigenvalue weighted by Gasteiger charge is -2.10. The van der Waals surface area contributed by atoms with Crippen LogP contribution in [0, 0.1) is 24.0 Å². The number of rotatable bonds is 6. The number of nitrogens with zero attached hydrogens (tertiary/aromatic N) is 3. The summed E-state index contributed by atoms with van der Waals surface area (Å²) in [5.41, 5.74) is 3.05. The normalized spacial score (nSPS) is 10.6. The number of benzene rings is 2. The molecule has 2 aromatic carbocycles. The van der Waals surface area contributed by atoms with E-state index in [2.05, 4.69) is 10.3 Å². The largest absolute Gasteiger partial charge is 0.325 e. The van der Waals surface area contributed by atoms with Crippen molar-refractivity contribution >= 4 is 29.0 Å². The fourth-order valence-electron chi connectivity index (χ4n) is 2.62. The molecule has 3 aromatic rings. The number of aryl methyl sites for hydroxylation is 2. The summed E-state index contributed by atoms with van der Waals surface area (Å²) >= 11 is 1.30. The second-order valence-corrected chi connectivity index (χ2v) is 6.90. The predicted molar refractivity (Wildman–Crippen MR) is 105 cm³/mol. The Morgan fingerprint density at radius 1 is 1.22 bits per heavy atom. The van der Waals surface area contributed by atoms with Gasteiger partial charge in [0.2, 0.25) is 5.91 Å². The van der Waals surface area contributed by atoms with E-state index in [-0.39, 0.29) is 17.3 Å². The second-order valence-electron chi connectivity index (χ2n) is 5.96. The van der Waals surface area contributed by atoms with Crippen LogP contribution in [0.3, 0.4) is 0 Å². The van der Waals surface area contributed by atoms with Crippen LogP contribution in [0.5, 0.6) is 0 Å². The maximum Gasteiger partial charge on any atom is 0.274 e. The molecule has 0 saturated heterocycles. The van der Waals surface area contributed by atoms with Gasteiger partial charge in [0.05, 0.1) is 16.4 Å². The van der Waals surface area contributed by atoms with Crippen LogP contribution >= 0.6 is 11.8 Å². The van der Waals surface area contributed by atoms with E-state index in [9.17, 15) is 14.9 Å². The molecule has 0 bridgehead atoms. The maximum absolute atomic E-state index is 12.2. The molecule has 0 saturated carbocycles. The molecule has 27 heavy (non-hydrogen) atoms. The van der Waals surface area contributed by atoms with Gasteiger partial charge in [-0.15, -0.1) is 0 Å². The van der Waals surface area contributed by atoms with Crippen LogP contribution < -0.4 is 5.32 Å². The molecule has 0 fully saturated rings. The van der Waals surface area contributed by atoms with Crippen molar-refractivity contribution in [2.24, 2.45) is 0 Å². The number of aromatic nitrogens is 2. The Balaban J connectivity index is 1.68. The van der Waals surface area contributed by atoms with E-state index in [0.29, 0.717) is 16.4 Å². The van der Waals surface area contributed by atoms with Gasteiger partial charge in [0.25, 0.3) is 5.69 Å². The molecular formula is C19H18N4O3S. The van der Waals surface area contributed by atoms with E-state index in [1.807, 2.05) is 42.0 Å². The number of nitro benzene ring substituents is 1. The van der Waals surface area contributed by atoms with E-state index in [1.54, 1.807) is 25.3 Å². The number of nitro groups is 1. The van der Waals surface area contributed by atoms with Crippen molar-refractivity contribution in [1.29, 1.82) is 0 Å². The number of anilines is 1. The number of amides is 1. The molecule has 1 heterocycles. The Bertz CT molecular complexity index is 1000. The molecule has 1 aromatic heterocycles. The van der Waals surface area contributed by atoms with Crippen molar-refractivity contribution in [3.8, 4) is 5.69 Å². The first-order chi connectivity index (χ1) is 13.0. The summed E-state index contributed by atoms with van der Waals surface area (Å²) in [7, 11) is 0. The average Bonchev–Trinajstić information content (AvgIpc) is 3.10. The van der Waals surface area contributed by atoms with Gasteiger partial charge in [-0.05, 0) is 31.5 Å². The summed E-state index contributed by atoms with van der Waals surface area (Å²) in [4.78, 5) is 27.1. The van der Waals surface area contributed by atoms with Crippen LogP contribution in [0.1, 0.15) is 11.1 Å². The third kappa shape index (κ3) is 4.35. The molecule has 0 aliphatic rings. The monoisotopic (exact) mass is 382 g/mol. The number of imidazole rings is 1. The second kappa shape index (κ2) is 8.05. The van der Waals surface area contributed by atoms with Gasteiger partial charge < -0.3 is 5.32 Å². The number of carbonyl (C=O) groups is 1. The van der Waals surface area contributed by atoms with Crippen LogP contribution in [-0.4, -0.2) is 26.1 Å². The molecule has 1 N–H and O–H groups in total. The van der Waals surface area contributed by atoms with Gasteiger partial charge in [-0.3, -0.25) is 19.5 Å². The third-order valence-electron chi connectivity index (χ3n) is 4.00. The van der Waals surface area contributed by atoms with Gasteiger partial charge in [-0.2, -0.15) is 0 Å². The number of carbonyl (C=O) groups excluding carboxylic acids is 1. The molecule has 0 aliphatic carbocycles. The average molecular weight is 382 g/mol. The van der Waals surface area contributed by atoms with Crippen LogP contribution in [0.15, 0.2) is 60.0 Å². The third-order valence-corrected chi connectivity index (χ3v) is 4.97. The topological polar surface area (TPSA) is 90.1 Å². The Kier molecular flexibility index (Phi) is 5.56. The van der Waals surface area contributed by atoms with Crippen molar-refractivity contribution < 1.29 is 9.72 Å². The van der Waals surface area contributed by atoms with E-state index in [1.165, 1.54) is 17.8 Å². The molecule has 7 nitrogen and oxygen atoms in total. The van der Waals surface area contributed by atoms with Crippen LogP contribution in [0.2, 0.25) is 0 Å². The van der Waals surface area contributed by atoms with E-state index < -0.39 is 4.92 Å². The van der Waals surface area contributed by atoms with E-state index in [0.717, 1.165) is 11.3 Å². The van der Waals surface area contributed by atoms with E-state index >= 15 is 0 Å². The van der Waals surface area contributed by atoms with Crippen molar-refractivity contribution in [2.45, 2.75) is 19.0 Å². The van der Waals surface area contributed by atoms with Gasteiger partial charge in [0.1, 0.15) is 0 Å². The zero-order valence-corrected chi connectivity index (χ0v) is 15.7. The van der Waals surface area contributed by atoms with Gasteiger partial charge >= 0.3 is 0 Å². The van der Waals surface area contributed by atoms with Crippen LogP contribution in [-0.2, 0) is 4.79 Å². The van der Waals surface area contributed by atoms with Crippen molar-refractivity contribution in [3.05, 3.63) is 76.1 Å². The highest BCUT2D eigenvalue weighted by Gasteiger charge is 2.14. The molecule has 1 amide bonds. The number of hydrogen-bond donors (Lipinski definition) is 1. The summed E-state index contributed by atoms with van der Waals surface area (Å²) in [5, 5.41) is 14.4. The summed E-state index contributed by atoms with van der Waals surface area (Å²) in [6.45, 7) is 3.67. The Morgan fingerprint density at radius 3 is 2.74 bits per heavy atom. The number of thioether (sulfide) groups is 1. The molecule has 0 radical (unpaired) electrons. The van der Waals surface area contributed by atoms with Gasteiger partial charge in [0.15, 0.2) is 5.16 Å².